The van der Waals surface area contributed by atoms with Crippen LogP contribution in [0.15, 0.2) is 30.5 Å². The number of ether oxygens (including phenoxy) is 1. The van der Waals surface area contributed by atoms with Gasteiger partial charge in [-0.2, -0.15) is 0 Å². The van der Waals surface area contributed by atoms with Crippen molar-refractivity contribution in [3.8, 4) is 0 Å². The van der Waals surface area contributed by atoms with Crippen molar-refractivity contribution >= 4 is 34.4 Å². The molecule has 0 aliphatic carbocycles. The van der Waals surface area contributed by atoms with Crippen molar-refractivity contribution in [2.24, 2.45) is 0 Å². The summed E-state index contributed by atoms with van der Waals surface area (Å²) >= 11 is 0. The van der Waals surface area contributed by atoms with Crippen LogP contribution >= 0.6 is 0 Å². The van der Waals surface area contributed by atoms with Gasteiger partial charge in [0, 0.05) is 18.5 Å². The van der Waals surface area contributed by atoms with E-state index in [2.05, 4.69) is 15.4 Å². The van der Waals surface area contributed by atoms with Gasteiger partial charge in [0.25, 0.3) is 0 Å². The largest absolute Gasteiger partial charge is 0.467 e. The van der Waals surface area contributed by atoms with Crippen LogP contribution in [0.1, 0.15) is 13.8 Å². The summed E-state index contributed by atoms with van der Waals surface area (Å²) < 4.78 is 6.32. The van der Waals surface area contributed by atoms with Crippen LogP contribution in [0.5, 0.6) is 0 Å². The van der Waals surface area contributed by atoms with Crippen LogP contribution in [0.4, 0.5) is 5.69 Å². The first-order chi connectivity index (χ1) is 10.9. The average molecular weight is 317 g/mol. The molecule has 1 atom stereocenters. The highest BCUT2D eigenvalue weighted by Crippen LogP contribution is 2.24. The van der Waals surface area contributed by atoms with Crippen molar-refractivity contribution in [3.05, 3.63) is 30.5 Å². The first-order valence-corrected chi connectivity index (χ1v) is 7.15. The Morgan fingerprint density at radius 3 is 2.65 bits per heavy atom. The summed E-state index contributed by atoms with van der Waals surface area (Å²) in [4.78, 5) is 34.6. The van der Waals surface area contributed by atoms with Crippen molar-refractivity contribution < 1.29 is 19.1 Å². The fourth-order valence-corrected chi connectivity index (χ4v) is 2.34. The predicted molar refractivity (Wildman–Crippen MR) is 85.9 cm³/mol. The zero-order valence-corrected chi connectivity index (χ0v) is 13.3. The van der Waals surface area contributed by atoms with Crippen molar-refractivity contribution in [1.29, 1.82) is 0 Å². The molecule has 7 heteroatoms. The highest BCUT2D eigenvalue weighted by molar-refractivity contribution is 6.01. The Balaban J connectivity index is 2.16. The third kappa shape index (κ3) is 3.88. The fourth-order valence-electron chi connectivity index (χ4n) is 2.34. The molecule has 0 radical (unpaired) electrons. The molecule has 0 spiro atoms. The minimum atomic E-state index is -0.704. The van der Waals surface area contributed by atoms with Crippen molar-refractivity contribution in [2.45, 2.75) is 26.4 Å². The molecular weight excluding hydrogens is 298 g/mol. The molecule has 0 unspecified atom stereocenters. The van der Waals surface area contributed by atoms with Crippen molar-refractivity contribution in [2.75, 3.05) is 12.4 Å². The Hall–Kier alpha value is -2.83. The molecule has 23 heavy (non-hydrogen) atoms. The van der Waals surface area contributed by atoms with E-state index in [0.29, 0.717) is 5.69 Å². The first kappa shape index (κ1) is 16.5. The summed E-state index contributed by atoms with van der Waals surface area (Å²) in [6.07, 6.45) is 1.76. The van der Waals surface area contributed by atoms with Gasteiger partial charge in [0.05, 0.1) is 18.3 Å². The highest BCUT2D eigenvalue weighted by Gasteiger charge is 2.16. The summed E-state index contributed by atoms with van der Waals surface area (Å²) in [5.41, 5.74) is 1.51. The summed E-state index contributed by atoms with van der Waals surface area (Å²) in [7, 11) is 1.27. The second-order valence-electron chi connectivity index (χ2n) is 5.18. The zero-order valence-electron chi connectivity index (χ0n) is 13.3. The van der Waals surface area contributed by atoms with Gasteiger partial charge in [0.15, 0.2) is 0 Å². The summed E-state index contributed by atoms with van der Waals surface area (Å²) in [5, 5.41) is 6.18. The van der Waals surface area contributed by atoms with E-state index in [1.165, 1.54) is 14.0 Å². The number of benzene rings is 1. The summed E-state index contributed by atoms with van der Waals surface area (Å²) in [5.74, 6) is -0.955. The number of nitrogens with one attached hydrogen (secondary N) is 2. The molecule has 0 aliphatic heterocycles. The van der Waals surface area contributed by atoms with E-state index < -0.39 is 12.0 Å². The number of carbonyl (C=O) groups is 3. The van der Waals surface area contributed by atoms with E-state index in [-0.39, 0.29) is 18.4 Å². The molecule has 122 valence electrons. The quantitative estimate of drug-likeness (QED) is 0.813. The molecule has 2 aromatic rings. The molecule has 7 nitrogen and oxygen atoms in total. The molecule has 2 rings (SSSR count). The second-order valence-corrected chi connectivity index (χ2v) is 5.18. The number of methoxy groups -OCH3 is 1. The normalized spacial score (nSPS) is 11.8. The Morgan fingerprint density at radius 1 is 1.26 bits per heavy atom. The monoisotopic (exact) mass is 317 g/mol. The number of hydrogen-bond acceptors (Lipinski definition) is 4. The third-order valence-corrected chi connectivity index (χ3v) is 3.37. The van der Waals surface area contributed by atoms with Crippen LogP contribution in [-0.2, 0) is 25.7 Å². The van der Waals surface area contributed by atoms with E-state index >= 15 is 0 Å². The molecule has 0 saturated heterocycles. The first-order valence-electron chi connectivity index (χ1n) is 7.15. The number of amides is 2. The van der Waals surface area contributed by atoms with Crippen LogP contribution in [-0.4, -0.2) is 35.5 Å². The zero-order chi connectivity index (χ0) is 17.0. The van der Waals surface area contributed by atoms with Gasteiger partial charge < -0.3 is 19.9 Å². The lowest BCUT2D eigenvalue weighted by Gasteiger charge is -2.12. The van der Waals surface area contributed by atoms with Crippen LogP contribution in [0.3, 0.4) is 0 Å². The van der Waals surface area contributed by atoms with E-state index in [0.717, 1.165) is 10.9 Å². The van der Waals surface area contributed by atoms with Crippen LogP contribution in [0.25, 0.3) is 10.9 Å². The molecule has 2 amide bonds. The lowest BCUT2D eigenvalue weighted by Crippen LogP contribution is -2.40. The van der Waals surface area contributed by atoms with Gasteiger partial charge in [-0.25, -0.2) is 4.79 Å². The Labute approximate surface area is 133 Å². The molecule has 1 heterocycles. The Morgan fingerprint density at radius 2 is 2.00 bits per heavy atom. The predicted octanol–water partition coefficient (Wildman–Crippen LogP) is 1.28. The third-order valence-electron chi connectivity index (χ3n) is 3.37. The van der Waals surface area contributed by atoms with Gasteiger partial charge in [0.1, 0.15) is 12.6 Å². The number of rotatable bonds is 5. The molecule has 1 aromatic heterocycles. The second kappa shape index (κ2) is 6.95. The Kier molecular flexibility index (Phi) is 5.00. The maximum atomic E-state index is 12.0. The highest BCUT2D eigenvalue weighted by atomic mass is 16.5. The number of fused-ring (bicyclic) bond motifs is 1. The molecular formula is C16H19N3O4. The minimum absolute atomic E-state index is 0.0638. The maximum Gasteiger partial charge on any atom is 0.328 e. The van der Waals surface area contributed by atoms with Crippen molar-refractivity contribution in [1.82, 2.24) is 9.88 Å². The van der Waals surface area contributed by atoms with Gasteiger partial charge in [-0.05, 0) is 25.1 Å². The van der Waals surface area contributed by atoms with Crippen LogP contribution < -0.4 is 10.6 Å². The van der Waals surface area contributed by atoms with Gasteiger partial charge in [-0.3, -0.25) is 9.59 Å². The van der Waals surface area contributed by atoms with Crippen LogP contribution in [0.2, 0.25) is 0 Å². The number of nitrogens with zero attached hydrogens (tertiary/aromatic N) is 1. The molecule has 0 fully saturated rings. The topological polar surface area (TPSA) is 89.4 Å². The molecule has 0 bridgehead atoms. The fraction of sp³-hybridized carbons (Fsp3) is 0.312. The smallest absolute Gasteiger partial charge is 0.328 e. The van der Waals surface area contributed by atoms with Gasteiger partial charge in [0.2, 0.25) is 11.8 Å². The minimum Gasteiger partial charge on any atom is -0.467 e. The lowest BCUT2D eigenvalue weighted by atomic mass is 10.2. The number of aromatic nitrogens is 1. The van der Waals surface area contributed by atoms with Crippen molar-refractivity contribution in [3.63, 3.8) is 0 Å². The number of esters is 1. The number of hydrogen-bond donors (Lipinski definition) is 2. The number of carbonyl (C=O) groups excluding carboxylic acids is 3. The van der Waals surface area contributed by atoms with Crippen LogP contribution in [0, 0.1) is 0 Å². The standard InChI is InChI=1S/C16H19N3O4/c1-10(16(22)23-3)17-15(21)9-19-8-7-12-13(18-11(2)20)5-4-6-14(12)19/h4-8,10H,9H2,1-3H3,(H,17,21)(H,18,20)/t10-/m1/s1. The molecule has 0 aliphatic rings. The van der Waals surface area contributed by atoms with E-state index in [1.807, 2.05) is 12.1 Å². The lowest BCUT2D eigenvalue weighted by molar-refractivity contribution is -0.144. The van der Waals surface area contributed by atoms with Gasteiger partial charge >= 0.3 is 5.97 Å². The van der Waals surface area contributed by atoms with Gasteiger partial charge in [-0.1, -0.05) is 6.07 Å². The molecule has 1 aromatic carbocycles. The summed E-state index contributed by atoms with van der Waals surface area (Å²) in [6.45, 7) is 3.07. The van der Waals surface area contributed by atoms with E-state index in [1.54, 1.807) is 29.8 Å². The van der Waals surface area contributed by atoms with E-state index in [9.17, 15) is 14.4 Å². The maximum absolute atomic E-state index is 12.0. The summed E-state index contributed by atoms with van der Waals surface area (Å²) in [6, 6.07) is 6.59. The molecule has 0 saturated carbocycles. The van der Waals surface area contributed by atoms with Gasteiger partial charge in [-0.15, -0.1) is 0 Å². The molecule has 2 N–H and O–H groups in total. The van der Waals surface area contributed by atoms with E-state index in [4.69, 9.17) is 0 Å². The number of anilines is 1. The Bertz CT molecular complexity index is 751. The SMILES string of the molecule is COC(=O)[C@@H](C)NC(=O)Cn1ccc2c(NC(C)=O)cccc21. The average Bonchev–Trinajstić information content (AvgIpc) is 2.90.